The van der Waals surface area contributed by atoms with Crippen LogP contribution in [0.2, 0.25) is 0 Å². The molecule has 1 aromatic carbocycles. The van der Waals surface area contributed by atoms with E-state index in [9.17, 15) is 14.4 Å². The molecule has 7 heteroatoms. The Labute approximate surface area is 138 Å². The van der Waals surface area contributed by atoms with Crippen LogP contribution in [0.5, 0.6) is 0 Å². The number of anilines is 1. The lowest BCUT2D eigenvalue weighted by Crippen LogP contribution is -2.42. The van der Waals surface area contributed by atoms with Gasteiger partial charge >= 0.3 is 5.97 Å². The number of hydrogen-bond acceptors (Lipinski definition) is 5. The Balaban J connectivity index is 1.98. The number of thioether (sulfide) groups is 1. The first-order chi connectivity index (χ1) is 11.0. The van der Waals surface area contributed by atoms with Crippen LogP contribution in [0.4, 0.5) is 5.69 Å². The number of esters is 1. The summed E-state index contributed by atoms with van der Waals surface area (Å²) in [6.45, 7) is 5.06. The van der Waals surface area contributed by atoms with Gasteiger partial charge in [0.1, 0.15) is 6.54 Å². The maximum Gasteiger partial charge on any atom is 0.326 e. The van der Waals surface area contributed by atoms with E-state index in [1.54, 1.807) is 6.07 Å². The highest BCUT2D eigenvalue weighted by molar-refractivity contribution is 8.00. The summed E-state index contributed by atoms with van der Waals surface area (Å²) in [5.41, 5.74) is 0.689. The number of nitrogens with one attached hydrogen (secondary N) is 1. The Kier molecular flexibility index (Phi) is 5.81. The maximum absolute atomic E-state index is 12.1. The van der Waals surface area contributed by atoms with Gasteiger partial charge in [-0.3, -0.25) is 19.3 Å². The second-order valence-electron chi connectivity index (χ2n) is 4.90. The standard InChI is InChI=1S/C16H18N2O4S/c1-3-8-17-16(21)11(2)22-15(20)9-18-12-6-4-5-7-13(12)23-10-14(18)19/h3-7,11H,1,8-10H2,2H3,(H,17,21)/t11-/m0/s1. The first-order valence-corrected chi connectivity index (χ1v) is 8.11. The molecule has 1 atom stereocenters. The van der Waals surface area contributed by atoms with Gasteiger partial charge in [-0.1, -0.05) is 18.2 Å². The number of para-hydroxylation sites is 1. The minimum Gasteiger partial charge on any atom is -0.451 e. The van der Waals surface area contributed by atoms with Gasteiger partial charge in [-0.25, -0.2) is 0 Å². The molecule has 1 heterocycles. The molecular formula is C16H18N2O4S. The second kappa shape index (κ2) is 7.82. The number of nitrogens with zero attached hydrogens (tertiary/aromatic N) is 1. The summed E-state index contributed by atoms with van der Waals surface area (Å²) < 4.78 is 5.09. The van der Waals surface area contributed by atoms with Crippen LogP contribution < -0.4 is 10.2 Å². The van der Waals surface area contributed by atoms with Gasteiger partial charge < -0.3 is 10.1 Å². The lowest BCUT2D eigenvalue weighted by atomic mass is 10.2. The Morgan fingerprint density at radius 2 is 2.22 bits per heavy atom. The molecule has 122 valence electrons. The predicted molar refractivity (Wildman–Crippen MR) is 88.3 cm³/mol. The number of carbonyl (C=O) groups excluding carboxylic acids is 3. The molecule has 0 saturated carbocycles. The fourth-order valence-corrected chi connectivity index (χ4v) is 3.00. The summed E-state index contributed by atoms with van der Waals surface area (Å²) in [5.74, 6) is -0.908. The molecular weight excluding hydrogens is 316 g/mol. The average molecular weight is 334 g/mol. The zero-order valence-corrected chi connectivity index (χ0v) is 13.6. The SMILES string of the molecule is C=CCNC(=O)[C@H](C)OC(=O)CN1C(=O)CSc2ccccc21. The van der Waals surface area contributed by atoms with E-state index in [1.165, 1.54) is 29.7 Å². The maximum atomic E-state index is 12.1. The zero-order valence-electron chi connectivity index (χ0n) is 12.8. The predicted octanol–water partition coefficient (Wildman–Crippen LogP) is 1.36. The van der Waals surface area contributed by atoms with Crippen molar-refractivity contribution in [3.05, 3.63) is 36.9 Å². The van der Waals surface area contributed by atoms with Crippen LogP contribution in [0, 0.1) is 0 Å². The number of hydrogen-bond donors (Lipinski definition) is 1. The third kappa shape index (κ3) is 4.35. The van der Waals surface area contributed by atoms with Crippen LogP contribution in [0.3, 0.4) is 0 Å². The van der Waals surface area contributed by atoms with Gasteiger partial charge in [0.05, 0.1) is 11.4 Å². The van der Waals surface area contributed by atoms with E-state index < -0.39 is 18.0 Å². The van der Waals surface area contributed by atoms with Gasteiger partial charge in [-0.2, -0.15) is 0 Å². The Morgan fingerprint density at radius 3 is 2.96 bits per heavy atom. The Morgan fingerprint density at radius 1 is 1.48 bits per heavy atom. The summed E-state index contributed by atoms with van der Waals surface area (Å²) in [5, 5.41) is 2.55. The van der Waals surface area contributed by atoms with E-state index in [0.717, 1.165) is 4.90 Å². The molecule has 0 spiro atoms. The molecule has 1 N–H and O–H groups in total. The Hall–Kier alpha value is -2.28. The summed E-state index contributed by atoms with van der Waals surface area (Å²) in [6, 6.07) is 7.37. The zero-order chi connectivity index (χ0) is 16.8. The molecule has 2 rings (SSSR count). The van der Waals surface area contributed by atoms with Crippen LogP contribution in [0.1, 0.15) is 6.92 Å². The van der Waals surface area contributed by atoms with E-state index in [-0.39, 0.29) is 18.2 Å². The van der Waals surface area contributed by atoms with Crippen molar-refractivity contribution >= 4 is 35.2 Å². The van der Waals surface area contributed by atoms with Crippen LogP contribution in [0.25, 0.3) is 0 Å². The fourth-order valence-electron chi connectivity index (χ4n) is 2.06. The van der Waals surface area contributed by atoms with Gasteiger partial charge in [0.15, 0.2) is 6.10 Å². The third-order valence-electron chi connectivity index (χ3n) is 3.19. The highest BCUT2D eigenvalue weighted by atomic mass is 32.2. The number of rotatable bonds is 6. The van der Waals surface area contributed by atoms with Crippen LogP contribution in [-0.2, 0) is 19.1 Å². The molecule has 1 aliphatic rings. The summed E-state index contributed by atoms with van der Waals surface area (Å²) in [4.78, 5) is 38.1. The molecule has 0 aliphatic carbocycles. The molecule has 0 bridgehead atoms. The first-order valence-electron chi connectivity index (χ1n) is 7.13. The molecule has 6 nitrogen and oxygen atoms in total. The molecule has 0 fully saturated rings. The highest BCUT2D eigenvalue weighted by Gasteiger charge is 2.28. The van der Waals surface area contributed by atoms with Crippen molar-refractivity contribution in [2.45, 2.75) is 17.9 Å². The monoisotopic (exact) mass is 334 g/mol. The van der Waals surface area contributed by atoms with E-state index in [1.807, 2.05) is 18.2 Å². The van der Waals surface area contributed by atoms with Crippen molar-refractivity contribution in [3.8, 4) is 0 Å². The van der Waals surface area contributed by atoms with Gasteiger partial charge in [0.25, 0.3) is 5.91 Å². The molecule has 1 aliphatic heterocycles. The quantitative estimate of drug-likeness (QED) is 0.628. The van der Waals surface area contributed by atoms with Gasteiger partial charge in [-0.05, 0) is 19.1 Å². The second-order valence-corrected chi connectivity index (χ2v) is 5.92. The number of amides is 2. The number of carbonyl (C=O) groups is 3. The summed E-state index contributed by atoms with van der Waals surface area (Å²) >= 11 is 1.44. The van der Waals surface area contributed by atoms with Crippen molar-refractivity contribution in [1.29, 1.82) is 0 Å². The molecule has 0 saturated heterocycles. The normalized spacial score (nSPS) is 14.7. The minimum atomic E-state index is -0.924. The van der Waals surface area contributed by atoms with Gasteiger partial charge in [0, 0.05) is 11.4 Å². The topological polar surface area (TPSA) is 75.7 Å². The third-order valence-corrected chi connectivity index (χ3v) is 4.24. The van der Waals surface area contributed by atoms with E-state index in [0.29, 0.717) is 12.2 Å². The van der Waals surface area contributed by atoms with Gasteiger partial charge in [0.2, 0.25) is 5.91 Å². The lowest BCUT2D eigenvalue weighted by molar-refractivity contribution is -0.153. The van der Waals surface area contributed by atoms with Crippen LogP contribution >= 0.6 is 11.8 Å². The molecule has 0 aromatic heterocycles. The van der Waals surface area contributed by atoms with E-state index in [4.69, 9.17) is 4.74 Å². The van der Waals surface area contributed by atoms with Crippen molar-refractivity contribution < 1.29 is 19.1 Å². The van der Waals surface area contributed by atoms with Crippen molar-refractivity contribution in [2.75, 3.05) is 23.7 Å². The summed E-state index contributed by atoms with van der Waals surface area (Å²) in [6.07, 6.45) is 0.611. The minimum absolute atomic E-state index is 0.158. The molecule has 23 heavy (non-hydrogen) atoms. The average Bonchev–Trinajstić information content (AvgIpc) is 2.55. The Bertz CT molecular complexity index is 632. The van der Waals surface area contributed by atoms with Crippen molar-refractivity contribution in [3.63, 3.8) is 0 Å². The highest BCUT2D eigenvalue weighted by Crippen LogP contribution is 2.34. The molecule has 2 amide bonds. The molecule has 0 unspecified atom stereocenters. The summed E-state index contributed by atoms with van der Waals surface area (Å²) in [7, 11) is 0. The van der Waals surface area contributed by atoms with Gasteiger partial charge in [-0.15, -0.1) is 18.3 Å². The molecule has 1 aromatic rings. The fraction of sp³-hybridized carbons (Fsp3) is 0.312. The lowest BCUT2D eigenvalue weighted by Gasteiger charge is -2.28. The number of benzene rings is 1. The van der Waals surface area contributed by atoms with Crippen molar-refractivity contribution in [2.24, 2.45) is 0 Å². The van der Waals surface area contributed by atoms with Crippen LogP contribution in [-0.4, -0.2) is 42.7 Å². The van der Waals surface area contributed by atoms with E-state index in [2.05, 4.69) is 11.9 Å². The molecule has 0 radical (unpaired) electrons. The number of fused-ring (bicyclic) bond motifs is 1. The van der Waals surface area contributed by atoms with E-state index >= 15 is 0 Å². The first kappa shape index (κ1) is 17.1. The smallest absolute Gasteiger partial charge is 0.326 e. The largest absolute Gasteiger partial charge is 0.451 e. The van der Waals surface area contributed by atoms with Crippen molar-refractivity contribution in [1.82, 2.24) is 5.32 Å². The number of ether oxygens (including phenoxy) is 1. The van der Waals surface area contributed by atoms with Crippen LogP contribution in [0.15, 0.2) is 41.8 Å².